The highest BCUT2D eigenvalue weighted by Gasteiger charge is 2.27. The number of hydrogen-bond donors (Lipinski definition) is 0. The Bertz CT molecular complexity index is 882. The predicted octanol–water partition coefficient (Wildman–Crippen LogP) is 4.49. The van der Waals surface area contributed by atoms with E-state index in [-0.39, 0.29) is 5.91 Å². The van der Waals surface area contributed by atoms with Crippen molar-refractivity contribution in [3.63, 3.8) is 0 Å². The number of rotatable bonds is 4. The zero-order valence-corrected chi connectivity index (χ0v) is 15.3. The Labute approximate surface area is 152 Å². The number of likely N-dealkylation sites (tertiary alicyclic amines) is 1. The van der Waals surface area contributed by atoms with Gasteiger partial charge in [0.25, 0.3) is 5.91 Å². The number of fused-ring (bicyclic) bond motifs is 1. The summed E-state index contributed by atoms with van der Waals surface area (Å²) >= 11 is 1.72. The SMILES string of the molecule is Cc1nccn1CC[C@H]1CCCCN1C(=O)c1ccc2sccc2c1. The van der Waals surface area contributed by atoms with Gasteiger partial charge in [-0.3, -0.25) is 4.79 Å². The van der Waals surface area contributed by atoms with Gasteiger partial charge in [-0.25, -0.2) is 4.98 Å². The van der Waals surface area contributed by atoms with E-state index in [2.05, 4.69) is 32.0 Å². The number of thiophene rings is 1. The maximum absolute atomic E-state index is 13.1. The molecule has 25 heavy (non-hydrogen) atoms. The van der Waals surface area contributed by atoms with Gasteiger partial charge >= 0.3 is 0 Å². The van der Waals surface area contributed by atoms with Gasteiger partial charge in [-0.1, -0.05) is 0 Å². The van der Waals surface area contributed by atoms with E-state index in [4.69, 9.17) is 0 Å². The maximum atomic E-state index is 13.1. The summed E-state index contributed by atoms with van der Waals surface area (Å²) in [6.45, 7) is 3.82. The zero-order valence-electron chi connectivity index (χ0n) is 14.5. The Morgan fingerprint density at radius 1 is 1.32 bits per heavy atom. The van der Waals surface area contributed by atoms with E-state index in [0.29, 0.717) is 6.04 Å². The smallest absolute Gasteiger partial charge is 0.254 e. The molecule has 5 heteroatoms. The Balaban J connectivity index is 1.51. The van der Waals surface area contributed by atoms with Crippen molar-refractivity contribution < 1.29 is 4.79 Å². The number of nitrogens with zero attached hydrogens (tertiary/aromatic N) is 3. The molecule has 1 atom stereocenters. The van der Waals surface area contributed by atoms with Crippen LogP contribution in [0.2, 0.25) is 0 Å². The van der Waals surface area contributed by atoms with Crippen LogP contribution in [0.25, 0.3) is 10.1 Å². The molecule has 0 N–H and O–H groups in total. The van der Waals surface area contributed by atoms with Crippen LogP contribution >= 0.6 is 11.3 Å². The van der Waals surface area contributed by atoms with Gasteiger partial charge in [0.2, 0.25) is 0 Å². The van der Waals surface area contributed by atoms with Gasteiger partial charge < -0.3 is 9.47 Å². The van der Waals surface area contributed by atoms with Crippen LogP contribution in [0.1, 0.15) is 41.9 Å². The third-order valence-electron chi connectivity index (χ3n) is 5.21. The third kappa shape index (κ3) is 3.33. The van der Waals surface area contributed by atoms with Crippen molar-refractivity contribution in [1.29, 1.82) is 0 Å². The molecule has 4 nitrogen and oxygen atoms in total. The van der Waals surface area contributed by atoms with Crippen molar-refractivity contribution in [3.8, 4) is 0 Å². The maximum Gasteiger partial charge on any atom is 0.254 e. The fourth-order valence-corrected chi connectivity index (χ4v) is 4.53. The molecule has 4 rings (SSSR count). The monoisotopic (exact) mass is 353 g/mol. The first kappa shape index (κ1) is 16.3. The van der Waals surface area contributed by atoms with Crippen molar-refractivity contribution in [2.45, 2.75) is 45.2 Å². The van der Waals surface area contributed by atoms with Gasteiger partial charge in [0.05, 0.1) is 0 Å². The van der Waals surface area contributed by atoms with E-state index in [1.54, 1.807) is 11.3 Å². The minimum atomic E-state index is 0.181. The van der Waals surface area contributed by atoms with Crippen molar-refractivity contribution in [3.05, 3.63) is 53.4 Å². The fraction of sp³-hybridized carbons (Fsp3) is 0.400. The second-order valence-electron chi connectivity index (χ2n) is 6.78. The molecule has 0 radical (unpaired) electrons. The molecule has 0 saturated carbocycles. The number of benzene rings is 1. The van der Waals surface area contributed by atoms with Crippen molar-refractivity contribution >= 4 is 27.3 Å². The number of imidazole rings is 1. The van der Waals surface area contributed by atoms with Crippen molar-refractivity contribution in [1.82, 2.24) is 14.5 Å². The average Bonchev–Trinajstić information content (AvgIpc) is 3.27. The fourth-order valence-electron chi connectivity index (χ4n) is 3.76. The van der Waals surface area contributed by atoms with Crippen LogP contribution in [0.4, 0.5) is 0 Å². The molecule has 0 aliphatic carbocycles. The number of piperidine rings is 1. The molecule has 0 unspecified atom stereocenters. The highest BCUT2D eigenvalue weighted by Crippen LogP contribution is 2.26. The van der Waals surface area contributed by atoms with Crippen LogP contribution in [-0.4, -0.2) is 32.9 Å². The van der Waals surface area contributed by atoms with Gasteiger partial charge in [0.1, 0.15) is 5.82 Å². The summed E-state index contributed by atoms with van der Waals surface area (Å²) < 4.78 is 3.41. The van der Waals surface area contributed by atoms with Crippen LogP contribution in [-0.2, 0) is 6.54 Å². The predicted molar refractivity (Wildman–Crippen MR) is 102 cm³/mol. The standard InChI is InChI=1S/C20H23N3OS/c1-15-21-9-12-22(15)11-7-18-4-2-3-10-23(18)20(24)17-5-6-19-16(14-17)8-13-25-19/h5-6,8-9,12-14,18H,2-4,7,10-11H2,1H3/t18-/m1/s1. The first-order chi connectivity index (χ1) is 12.2. The van der Waals surface area contributed by atoms with E-state index in [9.17, 15) is 4.79 Å². The Morgan fingerprint density at radius 3 is 3.08 bits per heavy atom. The minimum absolute atomic E-state index is 0.181. The first-order valence-electron chi connectivity index (χ1n) is 8.98. The molecule has 1 amide bonds. The Hall–Kier alpha value is -2.14. The molecule has 1 saturated heterocycles. The molecule has 3 heterocycles. The molecule has 3 aromatic rings. The lowest BCUT2D eigenvalue weighted by Crippen LogP contribution is -2.44. The Morgan fingerprint density at radius 2 is 2.24 bits per heavy atom. The van der Waals surface area contributed by atoms with E-state index >= 15 is 0 Å². The number of amides is 1. The molecular weight excluding hydrogens is 330 g/mol. The molecule has 1 fully saturated rings. The van der Waals surface area contributed by atoms with Crippen LogP contribution in [0.15, 0.2) is 42.0 Å². The number of hydrogen-bond acceptors (Lipinski definition) is 3. The summed E-state index contributed by atoms with van der Waals surface area (Å²) in [5.41, 5.74) is 0.816. The number of aryl methyl sites for hydroxylation is 2. The lowest BCUT2D eigenvalue weighted by molar-refractivity contribution is 0.0595. The number of carbonyl (C=O) groups excluding carboxylic acids is 1. The first-order valence-corrected chi connectivity index (χ1v) is 9.86. The van der Waals surface area contributed by atoms with Crippen LogP contribution < -0.4 is 0 Å². The lowest BCUT2D eigenvalue weighted by atomic mass is 9.98. The molecular formula is C20H23N3OS. The molecule has 1 aliphatic rings. The highest BCUT2D eigenvalue weighted by atomic mass is 32.1. The Kier molecular flexibility index (Phi) is 4.57. The lowest BCUT2D eigenvalue weighted by Gasteiger charge is -2.36. The summed E-state index contributed by atoms with van der Waals surface area (Å²) in [6, 6.07) is 8.50. The van der Waals surface area contributed by atoms with Gasteiger partial charge in [-0.05, 0) is 67.6 Å². The van der Waals surface area contributed by atoms with Crippen LogP contribution in [0.3, 0.4) is 0 Å². The third-order valence-corrected chi connectivity index (χ3v) is 6.11. The minimum Gasteiger partial charge on any atom is -0.336 e. The molecule has 0 spiro atoms. The summed E-state index contributed by atoms with van der Waals surface area (Å²) in [5.74, 6) is 1.22. The number of carbonyl (C=O) groups is 1. The second-order valence-corrected chi connectivity index (χ2v) is 7.73. The summed E-state index contributed by atoms with van der Waals surface area (Å²) in [6.07, 6.45) is 8.27. The molecule has 2 aromatic heterocycles. The van der Waals surface area contributed by atoms with Crippen LogP contribution in [0.5, 0.6) is 0 Å². The van der Waals surface area contributed by atoms with Crippen LogP contribution in [0, 0.1) is 6.92 Å². The number of aromatic nitrogens is 2. The summed E-state index contributed by atoms with van der Waals surface area (Å²) in [7, 11) is 0. The molecule has 0 bridgehead atoms. The molecule has 1 aromatic carbocycles. The van der Waals surface area contributed by atoms with Gasteiger partial charge in [-0.15, -0.1) is 11.3 Å². The van der Waals surface area contributed by atoms with E-state index in [1.165, 1.54) is 16.5 Å². The topological polar surface area (TPSA) is 38.1 Å². The van der Waals surface area contributed by atoms with E-state index in [1.807, 2.05) is 31.5 Å². The van der Waals surface area contributed by atoms with E-state index < -0.39 is 0 Å². The van der Waals surface area contributed by atoms with Crippen molar-refractivity contribution in [2.75, 3.05) is 6.54 Å². The van der Waals surface area contributed by atoms with Crippen molar-refractivity contribution in [2.24, 2.45) is 0 Å². The van der Waals surface area contributed by atoms with Gasteiger partial charge in [0.15, 0.2) is 0 Å². The largest absolute Gasteiger partial charge is 0.336 e. The quantitative estimate of drug-likeness (QED) is 0.693. The zero-order chi connectivity index (χ0) is 17.2. The average molecular weight is 353 g/mol. The molecule has 1 aliphatic heterocycles. The second kappa shape index (κ2) is 7.00. The van der Waals surface area contributed by atoms with Gasteiger partial charge in [0, 0.05) is 41.8 Å². The van der Waals surface area contributed by atoms with E-state index in [0.717, 1.165) is 43.7 Å². The molecule has 130 valence electrons. The van der Waals surface area contributed by atoms with Gasteiger partial charge in [-0.2, -0.15) is 0 Å². The normalized spacial score (nSPS) is 18.0. The summed E-state index contributed by atoms with van der Waals surface area (Å²) in [4.78, 5) is 19.5. The highest BCUT2D eigenvalue weighted by molar-refractivity contribution is 7.17. The summed E-state index contributed by atoms with van der Waals surface area (Å²) in [5, 5.41) is 3.24.